The molecule has 136 valence electrons. The Kier molecular flexibility index (Phi) is 5.43. The standard InChI is InChI=1S/C17H22N2O4S2/c1-3-23-17(20)16-11-12-10-14(4-5-15(12)24-16)25(21,22)19-8-6-13(18-2)7-9-19/h4-5,10-11,13,18H,3,6-9H2,1-2H3. The van der Waals surface area contributed by atoms with Gasteiger partial charge in [-0.15, -0.1) is 11.3 Å². The van der Waals surface area contributed by atoms with Crippen molar-refractivity contribution in [2.24, 2.45) is 0 Å². The first-order chi connectivity index (χ1) is 12.0. The summed E-state index contributed by atoms with van der Waals surface area (Å²) in [5.41, 5.74) is 0. The molecule has 1 aromatic carbocycles. The van der Waals surface area contributed by atoms with Crippen LogP contribution in [-0.2, 0) is 14.8 Å². The molecule has 0 atom stereocenters. The Balaban J connectivity index is 1.86. The molecule has 25 heavy (non-hydrogen) atoms. The summed E-state index contributed by atoms with van der Waals surface area (Å²) in [7, 11) is -1.61. The van der Waals surface area contributed by atoms with Crippen LogP contribution in [0.2, 0.25) is 0 Å². The van der Waals surface area contributed by atoms with Gasteiger partial charge < -0.3 is 10.1 Å². The van der Waals surface area contributed by atoms with Crippen LogP contribution in [-0.4, -0.2) is 51.5 Å². The highest BCUT2D eigenvalue weighted by atomic mass is 32.2. The van der Waals surface area contributed by atoms with E-state index in [1.165, 1.54) is 11.3 Å². The lowest BCUT2D eigenvalue weighted by Gasteiger charge is -2.31. The number of carbonyl (C=O) groups is 1. The summed E-state index contributed by atoms with van der Waals surface area (Å²) in [6.45, 7) is 3.11. The maximum atomic E-state index is 12.9. The van der Waals surface area contributed by atoms with E-state index in [0.29, 0.717) is 30.6 Å². The second-order valence-electron chi connectivity index (χ2n) is 6.00. The molecule has 1 aliphatic rings. The van der Waals surface area contributed by atoms with Gasteiger partial charge in [-0.2, -0.15) is 4.31 Å². The molecule has 8 heteroatoms. The van der Waals surface area contributed by atoms with Crippen LogP contribution in [0.3, 0.4) is 0 Å². The summed E-state index contributed by atoms with van der Waals surface area (Å²) < 4.78 is 33.2. The molecule has 2 heterocycles. The minimum Gasteiger partial charge on any atom is -0.462 e. The maximum absolute atomic E-state index is 12.9. The van der Waals surface area contributed by atoms with Gasteiger partial charge in [0.2, 0.25) is 10.0 Å². The van der Waals surface area contributed by atoms with E-state index >= 15 is 0 Å². The van der Waals surface area contributed by atoms with E-state index in [-0.39, 0.29) is 10.9 Å². The van der Waals surface area contributed by atoms with Gasteiger partial charge in [0.05, 0.1) is 11.5 Å². The molecule has 1 fully saturated rings. The zero-order chi connectivity index (χ0) is 18.0. The van der Waals surface area contributed by atoms with Gasteiger partial charge in [-0.3, -0.25) is 0 Å². The molecule has 1 aliphatic heterocycles. The van der Waals surface area contributed by atoms with Crippen molar-refractivity contribution < 1.29 is 17.9 Å². The number of hydrogen-bond donors (Lipinski definition) is 1. The fraction of sp³-hybridized carbons (Fsp3) is 0.471. The lowest BCUT2D eigenvalue weighted by molar-refractivity contribution is 0.0532. The number of hydrogen-bond acceptors (Lipinski definition) is 6. The molecule has 0 amide bonds. The highest BCUT2D eigenvalue weighted by Gasteiger charge is 2.29. The third-order valence-corrected chi connectivity index (χ3v) is 7.46. The average molecular weight is 383 g/mol. The highest BCUT2D eigenvalue weighted by molar-refractivity contribution is 7.89. The molecule has 0 spiro atoms. The Hall–Kier alpha value is -1.48. The minimum absolute atomic E-state index is 0.274. The Bertz CT molecular complexity index is 868. The minimum atomic E-state index is -3.51. The van der Waals surface area contributed by atoms with Crippen molar-refractivity contribution in [1.82, 2.24) is 9.62 Å². The molecule has 0 aliphatic carbocycles. The number of nitrogens with zero attached hydrogens (tertiary/aromatic N) is 1. The van der Waals surface area contributed by atoms with Crippen LogP contribution in [0.5, 0.6) is 0 Å². The number of thiophene rings is 1. The number of sulfonamides is 1. The van der Waals surface area contributed by atoms with Gasteiger partial charge >= 0.3 is 5.97 Å². The maximum Gasteiger partial charge on any atom is 0.348 e. The van der Waals surface area contributed by atoms with Crippen molar-refractivity contribution in [3.8, 4) is 0 Å². The van der Waals surface area contributed by atoms with E-state index in [1.54, 1.807) is 35.5 Å². The van der Waals surface area contributed by atoms with Gasteiger partial charge in [-0.05, 0) is 56.5 Å². The van der Waals surface area contributed by atoms with Crippen LogP contribution < -0.4 is 5.32 Å². The van der Waals surface area contributed by atoms with E-state index in [9.17, 15) is 13.2 Å². The molecule has 1 saturated heterocycles. The fourth-order valence-corrected chi connectivity index (χ4v) is 5.46. The summed E-state index contributed by atoms with van der Waals surface area (Å²) in [5.74, 6) is -0.373. The van der Waals surface area contributed by atoms with Crippen molar-refractivity contribution in [2.45, 2.75) is 30.7 Å². The predicted molar refractivity (Wildman–Crippen MR) is 98.6 cm³/mol. The average Bonchev–Trinajstić information content (AvgIpc) is 3.05. The summed E-state index contributed by atoms with van der Waals surface area (Å²) >= 11 is 1.31. The topological polar surface area (TPSA) is 75.7 Å². The van der Waals surface area contributed by atoms with Crippen molar-refractivity contribution in [1.29, 1.82) is 0 Å². The molecule has 0 radical (unpaired) electrons. The van der Waals surface area contributed by atoms with E-state index in [2.05, 4.69) is 5.32 Å². The van der Waals surface area contributed by atoms with E-state index in [1.807, 2.05) is 7.05 Å². The van der Waals surface area contributed by atoms with Crippen molar-refractivity contribution in [3.05, 3.63) is 29.1 Å². The Morgan fingerprint density at radius 2 is 2.04 bits per heavy atom. The zero-order valence-electron chi connectivity index (χ0n) is 14.3. The summed E-state index contributed by atoms with van der Waals surface area (Å²) in [6.07, 6.45) is 1.62. The molecule has 2 aromatic rings. The van der Waals surface area contributed by atoms with Crippen LogP contribution in [0.4, 0.5) is 0 Å². The van der Waals surface area contributed by atoms with Gasteiger partial charge in [0.1, 0.15) is 4.88 Å². The fourth-order valence-electron chi connectivity index (χ4n) is 3.02. The van der Waals surface area contributed by atoms with Gasteiger partial charge in [-0.25, -0.2) is 13.2 Å². The first-order valence-electron chi connectivity index (χ1n) is 8.34. The number of nitrogens with one attached hydrogen (secondary N) is 1. The van der Waals surface area contributed by atoms with Crippen LogP contribution in [0, 0.1) is 0 Å². The van der Waals surface area contributed by atoms with Crippen LogP contribution in [0.15, 0.2) is 29.2 Å². The molecule has 0 saturated carbocycles. The normalized spacial score (nSPS) is 17.0. The summed E-state index contributed by atoms with van der Waals surface area (Å²) in [5, 5.41) is 3.95. The number of ether oxygens (including phenoxy) is 1. The van der Waals surface area contributed by atoms with E-state index in [4.69, 9.17) is 4.74 Å². The largest absolute Gasteiger partial charge is 0.462 e. The number of piperidine rings is 1. The molecular weight excluding hydrogens is 360 g/mol. The molecular formula is C17H22N2O4S2. The Morgan fingerprint density at radius 3 is 2.68 bits per heavy atom. The lowest BCUT2D eigenvalue weighted by Crippen LogP contribution is -2.43. The first kappa shape index (κ1) is 18.3. The number of fused-ring (bicyclic) bond motifs is 1. The second kappa shape index (κ2) is 7.41. The van der Waals surface area contributed by atoms with Crippen LogP contribution in [0.25, 0.3) is 10.1 Å². The molecule has 3 rings (SSSR count). The van der Waals surface area contributed by atoms with Gasteiger partial charge in [-0.1, -0.05) is 0 Å². The Labute approximate surface area is 151 Å². The number of benzene rings is 1. The van der Waals surface area contributed by atoms with Crippen LogP contribution >= 0.6 is 11.3 Å². The zero-order valence-corrected chi connectivity index (χ0v) is 16.0. The Morgan fingerprint density at radius 1 is 1.32 bits per heavy atom. The highest BCUT2D eigenvalue weighted by Crippen LogP contribution is 2.30. The van der Waals surface area contributed by atoms with E-state index in [0.717, 1.165) is 22.9 Å². The van der Waals surface area contributed by atoms with Crippen LogP contribution in [0.1, 0.15) is 29.4 Å². The second-order valence-corrected chi connectivity index (χ2v) is 9.02. The SMILES string of the molecule is CCOC(=O)c1cc2cc(S(=O)(=O)N3CCC(NC)CC3)ccc2s1. The van der Waals surface area contributed by atoms with Crippen molar-refractivity contribution >= 4 is 37.4 Å². The number of rotatable bonds is 5. The summed E-state index contributed by atoms with van der Waals surface area (Å²) in [6, 6.07) is 7.10. The lowest BCUT2D eigenvalue weighted by atomic mass is 10.1. The van der Waals surface area contributed by atoms with Crippen molar-refractivity contribution in [3.63, 3.8) is 0 Å². The monoisotopic (exact) mass is 382 g/mol. The third-order valence-electron chi connectivity index (χ3n) is 4.46. The summed E-state index contributed by atoms with van der Waals surface area (Å²) in [4.78, 5) is 12.6. The molecule has 6 nitrogen and oxygen atoms in total. The van der Waals surface area contributed by atoms with E-state index < -0.39 is 10.0 Å². The first-order valence-corrected chi connectivity index (χ1v) is 10.6. The number of esters is 1. The quantitative estimate of drug-likeness (QED) is 0.804. The van der Waals surface area contributed by atoms with Gasteiger partial charge in [0, 0.05) is 23.8 Å². The van der Waals surface area contributed by atoms with Gasteiger partial charge in [0.25, 0.3) is 0 Å². The molecule has 0 bridgehead atoms. The molecule has 0 unspecified atom stereocenters. The van der Waals surface area contributed by atoms with Gasteiger partial charge in [0.15, 0.2) is 0 Å². The molecule has 1 aromatic heterocycles. The third kappa shape index (κ3) is 3.72. The van der Waals surface area contributed by atoms with Crippen molar-refractivity contribution in [2.75, 3.05) is 26.7 Å². The predicted octanol–water partition coefficient (Wildman–Crippen LogP) is 2.45. The smallest absolute Gasteiger partial charge is 0.348 e. The number of carbonyl (C=O) groups excluding carboxylic acids is 1. The molecule has 1 N–H and O–H groups in total.